The number of ether oxygens (including phenoxy) is 1. The fourth-order valence-electron chi connectivity index (χ4n) is 1.14. The second-order valence-electron chi connectivity index (χ2n) is 3.32. The summed E-state index contributed by atoms with van der Waals surface area (Å²) in [6.45, 7) is 3.81. The number of aromatic nitrogens is 3. The Morgan fingerprint density at radius 3 is 2.62 bits per heavy atom. The zero-order chi connectivity index (χ0) is 11.5. The fourth-order valence-corrected chi connectivity index (χ4v) is 1.48. The molecule has 0 radical (unpaired) electrons. The molecule has 82 valence electrons. The third-order valence-corrected chi connectivity index (χ3v) is 2.51. The zero-order valence-corrected chi connectivity index (χ0v) is 10.5. The molecule has 0 N–H and O–H groups in total. The maximum Gasteiger partial charge on any atom is 0.238 e. The Labute approximate surface area is 102 Å². The van der Waals surface area contributed by atoms with E-state index in [1.165, 1.54) is 0 Å². The molecule has 0 aliphatic rings. The van der Waals surface area contributed by atoms with Crippen LogP contribution < -0.4 is 4.74 Å². The molecule has 0 saturated carbocycles. The molecule has 4 nitrogen and oxygen atoms in total. The highest BCUT2D eigenvalue weighted by Crippen LogP contribution is 2.21. The van der Waals surface area contributed by atoms with Gasteiger partial charge in [0.05, 0.1) is 23.8 Å². The van der Waals surface area contributed by atoms with Gasteiger partial charge < -0.3 is 4.74 Å². The predicted molar refractivity (Wildman–Crippen MR) is 63.5 cm³/mol. The van der Waals surface area contributed by atoms with Crippen molar-refractivity contribution in [2.75, 3.05) is 0 Å². The van der Waals surface area contributed by atoms with Crippen LogP contribution in [0.25, 0.3) is 0 Å². The van der Waals surface area contributed by atoms with Crippen LogP contribution >= 0.6 is 15.9 Å². The lowest BCUT2D eigenvalue weighted by atomic mass is 10.3. The number of aryl methyl sites for hydroxylation is 2. The van der Waals surface area contributed by atoms with E-state index in [0.29, 0.717) is 11.6 Å². The van der Waals surface area contributed by atoms with Crippen molar-refractivity contribution in [3.05, 3.63) is 40.5 Å². The van der Waals surface area contributed by atoms with Crippen molar-refractivity contribution in [1.82, 2.24) is 15.0 Å². The molecule has 0 amide bonds. The highest BCUT2D eigenvalue weighted by molar-refractivity contribution is 9.10. The van der Waals surface area contributed by atoms with Crippen LogP contribution in [0.3, 0.4) is 0 Å². The second kappa shape index (κ2) is 4.57. The molecule has 0 fully saturated rings. The van der Waals surface area contributed by atoms with Crippen molar-refractivity contribution < 1.29 is 4.74 Å². The minimum absolute atomic E-state index is 0.475. The summed E-state index contributed by atoms with van der Waals surface area (Å²) < 4.78 is 6.39. The first-order valence-electron chi connectivity index (χ1n) is 4.74. The standard InChI is InChI=1S/C11H10BrN3O/c1-7-8(2)15-11(6-14-7)16-10-3-9(12)4-13-5-10/h3-6H,1-2H3. The molecule has 0 spiro atoms. The van der Waals surface area contributed by atoms with Gasteiger partial charge >= 0.3 is 0 Å². The van der Waals surface area contributed by atoms with E-state index in [2.05, 4.69) is 30.9 Å². The Bertz CT molecular complexity index is 516. The Morgan fingerprint density at radius 1 is 1.12 bits per heavy atom. The van der Waals surface area contributed by atoms with Gasteiger partial charge in [-0.05, 0) is 35.8 Å². The normalized spacial score (nSPS) is 10.2. The summed E-state index contributed by atoms with van der Waals surface area (Å²) in [5.41, 5.74) is 1.76. The summed E-state index contributed by atoms with van der Waals surface area (Å²) in [5, 5.41) is 0. The smallest absolute Gasteiger partial charge is 0.238 e. The van der Waals surface area contributed by atoms with Gasteiger partial charge in [-0.15, -0.1) is 0 Å². The van der Waals surface area contributed by atoms with Crippen LogP contribution in [0.5, 0.6) is 11.6 Å². The van der Waals surface area contributed by atoms with Crippen molar-refractivity contribution in [2.45, 2.75) is 13.8 Å². The largest absolute Gasteiger partial charge is 0.436 e. The molecule has 2 aromatic heterocycles. The minimum atomic E-state index is 0.475. The molecule has 16 heavy (non-hydrogen) atoms. The highest BCUT2D eigenvalue weighted by atomic mass is 79.9. The average Bonchev–Trinajstić information content (AvgIpc) is 2.24. The molecule has 2 rings (SSSR count). The zero-order valence-electron chi connectivity index (χ0n) is 8.94. The number of rotatable bonds is 2. The first-order chi connectivity index (χ1) is 7.65. The number of pyridine rings is 1. The van der Waals surface area contributed by atoms with Gasteiger partial charge in [0.2, 0.25) is 5.88 Å². The molecule has 0 atom stereocenters. The summed E-state index contributed by atoms with van der Waals surface area (Å²) >= 11 is 3.32. The van der Waals surface area contributed by atoms with Gasteiger partial charge in [-0.3, -0.25) is 9.97 Å². The molecule has 0 aliphatic carbocycles. The lowest BCUT2D eigenvalue weighted by Crippen LogP contribution is -1.95. The van der Waals surface area contributed by atoms with E-state index in [4.69, 9.17) is 4.74 Å². The number of hydrogen-bond donors (Lipinski definition) is 0. The minimum Gasteiger partial charge on any atom is -0.436 e. The second-order valence-corrected chi connectivity index (χ2v) is 4.24. The number of halogens is 1. The first-order valence-corrected chi connectivity index (χ1v) is 5.53. The van der Waals surface area contributed by atoms with E-state index in [0.717, 1.165) is 15.9 Å². The van der Waals surface area contributed by atoms with Crippen LogP contribution in [-0.4, -0.2) is 15.0 Å². The van der Waals surface area contributed by atoms with Gasteiger partial charge in [-0.25, -0.2) is 4.98 Å². The van der Waals surface area contributed by atoms with Crippen LogP contribution in [0.1, 0.15) is 11.4 Å². The maximum absolute atomic E-state index is 5.53. The number of hydrogen-bond acceptors (Lipinski definition) is 4. The van der Waals surface area contributed by atoms with E-state index in [1.54, 1.807) is 18.6 Å². The van der Waals surface area contributed by atoms with Crippen molar-refractivity contribution in [2.24, 2.45) is 0 Å². The molecule has 0 saturated heterocycles. The molecular formula is C11H10BrN3O. The van der Waals surface area contributed by atoms with Gasteiger partial charge in [0.15, 0.2) is 0 Å². The molecule has 0 unspecified atom stereocenters. The van der Waals surface area contributed by atoms with Crippen LogP contribution in [0.15, 0.2) is 29.1 Å². The Kier molecular flexibility index (Phi) is 3.14. The van der Waals surface area contributed by atoms with Crippen molar-refractivity contribution >= 4 is 15.9 Å². The van der Waals surface area contributed by atoms with Crippen molar-refractivity contribution in [3.63, 3.8) is 0 Å². The predicted octanol–water partition coefficient (Wildman–Crippen LogP) is 3.04. The molecule has 2 aromatic rings. The fraction of sp³-hybridized carbons (Fsp3) is 0.182. The Morgan fingerprint density at radius 2 is 1.94 bits per heavy atom. The average molecular weight is 280 g/mol. The quantitative estimate of drug-likeness (QED) is 0.848. The molecule has 0 aromatic carbocycles. The monoisotopic (exact) mass is 279 g/mol. The van der Waals surface area contributed by atoms with Crippen molar-refractivity contribution in [1.29, 1.82) is 0 Å². The van der Waals surface area contributed by atoms with Crippen LogP contribution in [0, 0.1) is 13.8 Å². The van der Waals surface area contributed by atoms with E-state index in [1.807, 2.05) is 19.9 Å². The SMILES string of the molecule is Cc1ncc(Oc2cncc(Br)c2)nc1C. The van der Waals surface area contributed by atoms with Gasteiger partial charge in [0.25, 0.3) is 0 Å². The van der Waals surface area contributed by atoms with Crippen molar-refractivity contribution in [3.8, 4) is 11.6 Å². The first kappa shape index (κ1) is 11.0. The third-order valence-electron chi connectivity index (χ3n) is 2.07. The summed E-state index contributed by atoms with van der Waals surface area (Å²) in [6, 6.07) is 1.82. The molecule has 2 heterocycles. The van der Waals surface area contributed by atoms with Crippen LogP contribution in [0.2, 0.25) is 0 Å². The van der Waals surface area contributed by atoms with Gasteiger partial charge in [-0.1, -0.05) is 0 Å². The summed E-state index contributed by atoms with van der Waals surface area (Å²) in [6.07, 6.45) is 4.92. The third kappa shape index (κ3) is 2.55. The van der Waals surface area contributed by atoms with E-state index >= 15 is 0 Å². The highest BCUT2D eigenvalue weighted by Gasteiger charge is 2.02. The lowest BCUT2D eigenvalue weighted by Gasteiger charge is -2.05. The molecular weight excluding hydrogens is 270 g/mol. The topological polar surface area (TPSA) is 47.9 Å². The number of nitrogens with zero attached hydrogens (tertiary/aromatic N) is 3. The molecule has 0 aliphatic heterocycles. The lowest BCUT2D eigenvalue weighted by molar-refractivity contribution is 0.455. The summed E-state index contributed by atoms with van der Waals surface area (Å²) in [7, 11) is 0. The van der Waals surface area contributed by atoms with Crippen LogP contribution in [-0.2, 0) is 0 Å². The summed E-state index contributed by atoms with van der Waals surface area (Å²) in [4.78, 5) is 12.4. The van der Waals surface area contributed by atoms with Gasteiger partial charge in [0.1, 0.15) is 5.75 Å². The molecule has 5 heteroatoms. The van der Waals surface area contributed by atoms with Gasteiger partial charge in [-0.2, -0.15) is 0 Å². The summed E-state index contributed by atoms with van der Waals surface area (Å²) in [5.74, 6) is 1.11. The van der Waals surface area contributed by atoms with E-state index < -0.39 is 0 Å². The van der Waals surface area contributed by atoms with Crippen LogP contribution in [0.4, 0.5) is 0 Å². The maximum atomic E-state index is 5.53. The Balaban J connectivity index is 2.24. The Hall–Kier alpha value is -1.49. The van der Waals surface area contributed by atoms with Gasteiger partial charge in [0, 0.05) is 10.7 Å². The van der Waals surface area contributed by atoms with E-state index in [-0.39, 0.29) is 0 Å². The van der Waals surface area contributed by atoms with E-state index in [9.17, 15) is 0 Å². The molecule has 0 bridgehead atoms.